The predicted octanol–water partition coefficient (Wildman–Crippen LogP) is 4.26. The second kappa shape index (κ2) is 7.75. The molecule has 120 valence electrons. The molecule has 0 unspecified atom stereocenters. The van der Waals surface area contributed by atoms with Crippen molar-refractivity contribution in [3.05, 3.63) is 21.9 Å². The minimum Gasteiger partial charge on any atom is -0.317 e. The molecule has 3 heteroatoms. The van der Waals surface area contributed by atoms with Gasteiger partial charge in [0.25, 0.3) is 0 Å². The van der Waals surface area contributed by atoms with Gasteiger partial charge in [0, 0.05) is 22.8 Å². The molecule has 0 aliphatic carbocycles. The molecule has 1 N–H and O–H groups in total. The van der Waals surface area contributed by atoms with Crippen LogP contribution in [0.25, 0.3) is 0 Å². The van der Waals surface area contributed by atoms with Gasteiger partial charge in [0.2, 0.25) is 0 Å². The highest BCUT2D eigenvalue weighted by molar-refractivity contribution is 7.12. The topological polar surface area (TPSA) is 15.3 Å². The van der Waals surface area contributed by atoms with Crippen molar-refractivity contribution in [1.29, 1.82) is 0 Å². The summed E-state index contributed by atoms with van der Waals surface area (Å²) < 4.78 is 0. The molecule has 1 aliphatic heterocycles. The van der Waals surface area contributed by atoms with Crippen molar-refractivity contribution in [1.82, 2.24) is 10.2 Å². The smallest absolute Gasteiger partial charge is 0.0328 e. The molecule has 2 nitrogen and oxygen atoms in total. The zero-order valence-electron chi connectivity index (χ0n) is 14.2. The van der Waals surface area contributed by atoms with Crippen molar-refractivity contribution in [2.24, 2.45) is 5.92 Å². The maximum Gasteiger partial charge on any atom is 0.0328 e. The summed E-state index contributed by atoms with van der Waals surface area (Å²) >= 11 is 2.00. The number of nitrogens with zero attached hydrogens (tertiary/aromatic N) is 1. The first-order valence-electron chi connectivity index (χ1n) is 8.51. The third kappa shape index (κ3) is 5.39. The Morgan fingerprint density at radius 2 is 1.95 bits per heavy atom. The first kappa shape index (κ1) is 17.0. The summed E-state index contributed by atoms with van der Waals surface area (Å²) in [5, 5.41) is 3.47. The van der Waals surface area contributed by atoms with Crippen LogP contribution in [0.5, 0.6) is 0 Å². The van der Waals surface area contributed by atoms with Crippen molar-refractivity contribution < 1.29 is 0 Å². The van der Waals surface area contributed by atoms with E-state index in [4.69, 9.17) is 0 Å². The summed E-state index contributed by atoms with van der Waals surface area (Å²) in [6.07, 6.45) is 3.94. The molecule has 0 spiro atoms. The van der Waals surface area contributed by atoms with E-state index in [-0.39, 0.29) is 5.41 Å². The molecule has 1 saturated heterocycles. The first-order valence-corrected chi connectivity index (χ1v) is 9.33. The van der Waals surface area contributed by atoms with Gasteiger partial charge >= 0.3 is 0 Å². The second-order valence-electron chi connectivity index (χ2n) is 7.44. The number of nitrogens with one attached hydrogen (secondary N) is 1. The van der Waals surface area contributed by atoms with Gasteiger partial charge in [0.1, 0.15) is 0 Å². The third-order valence-corrected chi connectivity index (χ3v) is 5.79. The number of hydrogen-bond acceptors (Lipinski definition) is 3. The van der Waals surface area contributed by atoms with E-state index < -0.39 is 0 Å². The molecule has 0 bridgehead atoms. The maximum atomic E-state index is 3.47. The van der Waals surface area contributed by atoms with Gasteiger partial charge in [-0.3, -0.25) is 4.90 Å². The van der Waals surface area contributed by atoms with Crippen molar-refractivity contribution >= 4 is 11.3 Å². The van der Waals surface area contributed by atoms with E-state index in [2.05, 4.69) is 50.0 Å². The Balaban J connectivity index is 1.93. The molecule has 0 saturated carbocycles. The third-order valence-electron chi connectivity index (χ3n) is 4.30. The quantitative estimate of drug-likeness (QED) is 0.845. The summed E-state index contributed by atoms with van der Waals surface area (Å²) in [4.78, 5) is 5.71. The summed E-state index contributed by atoms with van der Waals surface area (Å²) in [5.74, 6) is 0.889. The van der Waals surface area contributed by atoms with Crippen LogP contribution in [-0.2, 0) is 12.0 Å². The lowest BCUT2D eigenvalue weighted by atomic mass is 9.95. The van der Waals surface area contributed by atoms with Crippen LogP contribution in [0.2, 0.25) is 0 Å². The van der Waals surface area contributed by atoms with E-state index in [1.54, 1.807) is 0 Å². The van der Waals surface area contributed by atoms with Crippen molar-refractivity contribution in [2.75, 3.05) is 26.2 Å². The van der Waals surface area contributed by atoms with Crippen LogP contribution in [-0.4, -0.2) is 31.1 Å². The second-order valence-corrected chi connectivity index (χ2v) is 8.61. The highest BCUT2D eigenvalue weighted by Crippen LogP contribution is 2.30. The van der Waals surface area contributed by atoms with Gasteiger partial charge in [-0.2, -0.15) is 0 Å². The minimum atomic E-state index is 0.285. The number of thiophene rings is 1. The minimum absolute atomic E-state index is 0.285. The van der Waals surface area contributed by atoms with E-state index >= 15 is 0 Å². The monoisotopic (exact) mass is 308 g/mol. The molecule has 1 fully saturated rings. The van der Waals surface area contributed by atoms with E-state index in [1.807, 2.05) is 11.3 Å². The van der Waals surface area contributed by atoms with Crippen LogP contribution in [0.4, 0.5) is 0 Å². The van der Waals surface area contributed by atoms with Crippen molar-refractivity contribution in [2.45, 2.75) is 58.9 Å². The largest absolute Gasteiger partial charge is 0.317 e. The van der Waals surface area contributed by atoms with Crippen LogP contribution in [0.1, 0.15) is 56.7 Å². The average Bonchev–Trinajstić information content (AvgIpc) is 2.89. The Morgan fingerprint density at radius 3 is 2.52 bits per heavy atom. The number of hydrogen-bond donors (Lipinski definition) is 1. The van der Waals surface area contributed by atoms with Gasteiger partial charge in [0.15, 0.2) is 0 Å². The van der Waals surface area contributed by atoms with Gasteiger partial charge in [-0.15, -0.1) is 11.3 Å². The lowest BCUT2D eigenvalue weighted by molar-refractivity contribution is 0.200. The van der Waals surface area contributed by atoms with E-state index in [0.29, 0.717) is 0 Å². The standard InChI is InChI=1S/C18H32N2S/c1-5-12-20(13-15-8-10-19-11-9-15)14-16-6-7-17(21-16)18(2,3)4/h6-7,15,19H,5,8-14H2,1-4H3. The fourth-order valence-corrected chi connectivity index (χ4v) is 4.17. The Labute approximate surface area is 134 Å². The Bertz CT molecular complexity index is 413. The van der Waals surface area contributed by atoms with Gasteiger partial charge in [0.05, 0.1) is 0 Å². The van der Waals surface area contributed by atoms with Crippen LogP contribution in [0.3, 0.4) is 0 Å². The Morgan fingerprint density at radius 1 is 1.24 bits per heavy atom. The first-order chi connectivity index (χ1) is 9.99. The molecule has 1 aliphatic rings. The van der Waals surface area contributed by atoms with Crippen LogP contribution in [0, 0.1) is 5.92 Å². The molecule has 2 heterocycles. The molecule has 0 radical (unpaired) electrons. The number of rotatable bonds is 6. The highest BCUT2D eigenvalue weighted by atomic mass is 32.1. The Kier molecular flexibility index (Phi) is 6.27. The normalized spacial score (nSPS) is 17.6. The van der Waals surface area contributed by atoms with Crippen molar-refractivity contribution in [3.8, 4) is 0 Å². The fourth-order valence-electron chi connectivity index (χ4n) is 3.07. The zero-order chi connectivity index (χ0) is 15.3. The molecule has 2 rings (SSSR count). The summed E-state index contributed by atoms with van der Waals surface area (Å²) in [5.41, 5.74) is 0.285. The van der Waals surface area contributed by atoms with Crippen LogP contribution in [0.15, 0.2) is 12.1 Å². The SMILES string of the molecule is CCCN(Cc1ccc(C(C)(C)C)s1)CC1CCNCC1. The molecule has 0 amide bonds. The average molecular weight is 309 g/mol. The van der Waals surface area contributed by atoms with Gasteiger partial charge in [-0.1, -0.05) is 27.7 Å². The van der Waals surface area contributed by atoms with E-state index in [9.17, 15) is 0 Å². The summed E-state index contributed by atoms with van der Waals surface area (Å²) in [6.45, 7) is 15.3. The molecular weight excluding hydrogens is 276 g/mol. The highest BCUT2D eigenvalue weighted by Gasteiger charge is 2.19. The van der Waals surface area contributed by atoms with Crippen molar-refractivity contribution in [3.63, 3.8) is 0 Å². The van der Waals surface area contributed by atoms with E-state index in [0.717, 1.165) is 12.5 Å². The summed E-state index contributed by atoms with van der Waals surface area (Å²) in [6, 6.07) is 4.67. The van der Waals surface area contributed by atoms with Gasteiger partial charge in [-0.25, -0.2) is 0 Å². The van der Waals surface area contributed by atoms with Crippen LogP contribution >= 0.6 is 11.3 Å². The molecule has 0 atom stereocenters. The number of piperidine rings is 1. The molecular formula is C18H32N2S. The molecule has 0 aromatic carbocycles. The summed E-state index contributed by atoms with van der Waals surface area (Å²) in [7, 11) is 0. The van der Waals surface area contributed by atoms with Crippen LogP contribution < -0.4 is 5.32 Å². The molecule has 1 aromatic heterocycles. The fraction of sp³-hybridized carbons (Fsp3) is 0.778. The lowest BCUT2D eigenvalue weighted by Crippen LogP contribution is -2.36. The van der Waals surface area contributed by atoms with E-state index in [1.165, 1.54) is 55.2 Å². The maximum absolute atomic E-state index is 3.47. The Hall–Kier alpha value is -0.380. The lowest BCUT2D eigenvalue weighted by Gasteiger charge is -2.29. The predicted molar refractivity (Wildman–Crippen MR) is 94.2 cm³/mol. The zero-order valence-corrected chi connectivity index (χ0v) is 15.1. The van der Waals surface area contributed by atoms with Gasteiger partial charge in [-0.05, 0) is 62.4 Å². The molecule has 21 heavy (non-hydrogen) atoms. The molecule has 1 aromatic rings. The van der Waals surface area contributed by atoms with Gasteiger partial charge < -0.3 is 5.32 Å².